The monoisotopic (exact) mass is 527 g/mol. The Bertz CT molecular complexity index is 1930. The second-order valence-electron chi connectivity index (χ2n) is 8.28. The minimum Gasteiger partial charge on any atom is -0.288 e. The Morgan fingerprint density at radius 3 is 2.57 bits per heavy atom. The van der Waals surface area contributed by atoms with Crippen molar-refractivity contribution in [2.75, 3.05) is 0 Å². The lowest BCUT2D eigenvalue weighted by atomic mass is 10.2. The zero-order chi connectivity index (χ0) is 25.6. The molecule has 0 aliphatic rings. The van der Waals surface area contributed by atoms with Crippen molar-refractivity contribution in [3.8, 4) is 23.1 Å². The molecule has 0 N–H and O–H groups in total. The Labute approximate surface area is 216 Å². The number of nitrogens with zero attached hydrogens (tertiary/aromatic N) is 7. The van der Waals surface area contributed by atoms with Crippen LogP contribution >= 0.6 is 11.6 Å². The van der Waals surface area contributed by atoms with E-state index in [1.807, 2.05) is 29.0 Å². The van der Waals surface area contributed by atoms with Crippen LogP contribution in [0.4, 0.5) is 0 Å². The molecule has 0 aliphatic heterocycles. The number of nitriles is 1. The molecule has 37 heavy (non-hydrogen) atoms. The summed E-state index contributed by atoms with van der Waals surface area (Å²) in [6.07, 6.45) is 6.89. The molecule has 4 heterocycles. The Morgan fingerprint density at radius 1 is 1.00 bits per heavy atom. The third-order valence-corrected chi connectivity index (χ3v) is 8.05. The van der Waals surface area contributed by atoms with Crippen LogP contribution in [0.2, 0.25) is 5.02 Å². The smallest absolute Gasteiger partial charge is 0.269 e. The summed E-state index contributed by atoms with van der Waals surface area (Å²) in [6, 6.07) is 19.4. The topological polar surface area (TPSA) is 111 Å². The van der Waals surface area contributed by atoms with Gasteiger partial charge < -0.3 is 0 Å². The average molecular weight is 528 g/mol. The number of hydrogen-bond donors (Lipinski definition) is 0. The number of aromatic nitrogens is 6. The molecule has 0 saturated carbocycles. The summed E-state index contributed by atoms with van der Waals surface area (Å²) >= 11 is 6.56. The van der Waals surface area contributed by atoms with Gasteiger partial charge in [0.25, 0.3) is 10.0 Å². The maximum atomic E-state index is 13.4. The lowest BCUT2D eigenvalue weighted by Crippen LogP contribution is -2.12. The number of aryl methyl sites for hydroxylation is 1. The van der Waals surface area contributed by atoms with E-state index in [-0.39, 0.29) is 10.5 Å². The fourth-order valence-corrected chi connectivity index (χ4v) is 5.90. The van der Waals surface area contributed by atoms with Crippen LogP contribution in [0.15, 0.2) is 90.3 Å². The van der Waals surface area contributed by atoms with Crippen molar-refractivity contribution < 1.29 is 8.42 Å². The average Bonchev–Trinajstić information content (AvgIpc) is 3.64. The normalized spacial score (nSPS) is 11.8. The maximum absolute atomic E-state index is 13.4. The van der Waals surface area contributed by atoms with Gasteiger partial charge in [0.1, 0.15) is 11.3 Å². The molecule has 9 nitrogen and oxygen atoms in total. The Morgan fingerprint density at radius 2 is 1.78 bits per heavy atom. The van der Waals surface area contributed by atoms with Gasteiger partial charge in [0.2, 0.25) is 0 Å². The zero-order valence-electron chi connectivity index (χ0n) is 19.2. The minimum atomic E-state index is -3.87. The Hall–Kier alpha value is -4.46. The molecule has 0 atom stereocenters. The zero-order valence-corrected chi connectivity index (χ0v) is 20.8. The first-order valence-electron chi connectivity index (χ1n) is 11.3. The molecule has 2 aromatic carbocycles. The van der Waals surface area contributed by atoms with Gasteiger partial charge >= 0.3 is 0 Å². The molecule has 6 rings (SSSR count). The third kappa shape index (κ3) is 3.76. The van der Waals surface area contributed by atoms with Crippen LogP contribution in [0.1, 0.15) is 6.42 Å². The van der Waals surface area contributed by atoms with Gasteiger partial charge in [0, 0.05) is 23.3 Å². The molecule has 182 valence electrons. The van der Waals surface area contributed by atoms with E-state index in [9.17, 15) is 8.42 Å². The highest BCUT2D eigenvalue weighted by molar-refractivity contribution is 7.90. The molecule has 0 amide bonds. The van der Waals surface area contributed by atoms with E-state index in [1.165, 1.54) is 10.2 Å². The van der Waals surface area contributed by atoms with Crippen molar-refractivity contribution in [3.05, 3.63) is 90.5 Å². The van der Waals surface area contributed by atoms with E-state index in [4.69, 9.17) is 21.8 Å². The number of hydrogen-bond acceptors (Lipinski definition) is 6. The maximum Gasteiger partial charge on any atom is 0.269 e. The molecular weight excluding hydrogens is 510 g/mol. The van der Waals surface area contributed by atoms with Gasteiger partial charge in [0.15, 0.2) is 5.65 Å². The summed E-state index contributed by atoms with van der Waals surface area (Å²) in [5.41, 5.74) is 2.92. The van der Waals surface area contributed by atoms with E-state index in [0.29, 0.717) is 51.5 Å². The van der Waals surface area contributed by atoms with Crippen LogP contribution in [0.3, 0.4) is 0 Å². The number of imidazole rings is 1. The van der Waals surface area contributed by atoms with Gasteiger partial charge in [-0.15, -0.1) is 0 Å². The molecule has 0 fully saturated rings. The van der Waals surface area contributed by atoms with Gasteiger partial charge in [-0.1, -0.05) is 41.9 Å². The van der Waals surface area contributed by atoms with Gasteiger partial charge in [0.05, 0.1) is 52.6 Å². The number of pyridine rings is 1. The van der Waals surface area contributed by atoms with Crippen LogP contribution in [0.5, 0.6) is 0 Å². The number of halogens is 1. The van der Waals surface area contributed by atoms with Gasteiger partial charge in [-0.05, 0) is 30.3 Å². The van der Waals surface area contributed by atoms with Gasteiger partial charge in [-0.2, -0.15) is 10.4 Å². The minimum absolute atomic E-state index is 0.165. The molecule has 0 radical (unpaired) electrons. The molecule has 0 spiro atoms. The Kier molecular flexibility index (Phi) is 5.52. The lowest BCUT2D eigenvalue weighted by Gasteiger charge is -2.09. The summed E-state index contributed by atoms with van der Waals surface area (Å²) < 4.78 is 31.6. The van der Waals surface area contributed by atoms with E-state index >= 15 is 0 Å². The molecule has 0 unspecified atom stereocenters. The standard InChI is InChI=1S/C26H18ClN7O2S/c27-22-10-5-4-9-20(22)26-31-23-16-29-25-21(11-14-33(25)37(35,36)19-7-2-1-3-8-19)24(23)34(26)18-15-30-32(17-18)13-6-12-28/h1-5,7-11,14-17H,6,13H2. The first-order chi connectivity index (χ1) is 18.0. The predicted molar refractivity (Wildman–Crippen MR) is 140 cm³/mol. The van der Waals surface area contributed by atoms with Crippen molar-refractivity contribution >= 4 is 43.7 Å². The summed E-state index contributed by atoms with van der Waals surface area (Å²) in [6.45, 7) is 0.438. The fourth-order valence-electron chi connectivity index (χ4n) is 4.36. The van der Waals surface area contributed by atoms with Crippen LogP contribution in [-0.4, -0.2) is 36.7 Å². The summed E-state index contributed by atoms with van der Waals surface area (Å²) in [5.74, 6) is 0.563. The first kappa shape index (κ1) is 23.0. The third-order valence-electron chi connectivity index (χ3n) is 6.04. The number of rotatable bonds is 6. The van der Waals surface area contributed by atoms with Crippen molar-refractivity contribution in [3.63, 3.8) is 0 Å². The molecule has 0 saturated heterocycles. The van der Waals surface area contributed by atoms with Gasteiger partial charge in [-0.3, -0.25) is 9.25 Å². The van der Waals surface area contributed by atoms with Crippen LogP contribution in [0.25, 0.3) is 39.1 Å². The molecule has 0 aliphatic carbocycles. The van der Waals surface area contributed by atoms with Gasteiger partial charge in [-0.25, -0.2) is 22.4 Å². The van der Waals surface area contributed by atoms with Crippen molar-refractivity contribution in [2.45, 2.75) is 17.9 Å². The number of fused-ring (bicyclic) bond motifs is 3. The van der Waals surface area contributed by atoms with E-state index in [2.05, 4.69) is 16.2 Å². The number of benzene rings is 2. The van der Waals surface area contributed by atoms with Crippen LogP contribution in [0, 0.1) is 11.3 Å². The SMILES string of the molecule is N#CCCn1cc(-n2c(-c3ccccc3Cl)nc3cnc4c(ccn4S(=O)(=O)c4ccccc4)c32)cn1. The highest BCUT2D eigenvalue weighted by atomic mass is 35.5. The van der Waals surface area contributed by atoms with Crippen LogP contribution < -0.4 is 0 Å². The highest BCUT2D eigenvalue weighted by Gasteiger charge is 2.24. The van der Waals surface area contributed by atoms with E-state index < -0.39 is 10.0 Å². The predicted octanol–water partition coefficient (Wildman–Crippen LogP) is 5.04. The van der Waals surface area contributed by atoms with Crippen LogP contribution in [-0.2, 0) is 16.6 Å². The quantitative estimate of drug-likeness (QED) is 0.300. The van der Waals surface area contributed by atoms with Crippen molar-refractivity contribution in [1.29, 1.82) is 5.26 Å². The largest absolute Gasteiger partial charge is 0.288 e. The highest BCUT2D eigenvalue weighted by Crippen LogP contribution is 2.36. The second-order valence-corrected chi connectivity index (χ2v) is 10.5. The molecule has 6 aromatic rings. The molecule has 4 aromatic heterocycles. The first-order valence-corrected chi connectivity index (χ1v) is 13.1. The summed E-state index contributed by atoms with van der Waals surface area (Å²) in [4.78, 5) is 9.49. The fraction of sp³-hybridized carbons (Fsp3) is 0.0769. The Balaban J connectivity index is 1.64. The van der Waals surface area contributed by atoms with E-state index in [0.717, 1.165) is 0 Å². The molecule has 11 heteroatoms. The second kappa shape index (κ2) is 8.89. The lowest BCUT2D eigenvalue weighted by molar-refractivity contribution is 0.589. The van der Waals surface area contributed by atoms with Crippen molar-refractivity contribution in [2.24, 2.45) is 0 Å². The molecular formula is C26H18ClN7O2S. The van der Waals surface area contributed by atoms with E-state index in [1.54, 1.807) is 59.5 Å². The summed E-state index contributed by atoms with van der Waals surface area (Å²) in [5, 5.41) is 14.5. The molecule has 0 bridgehead atoms. The summed E-state index contributed by atoms with van der Waals surface area (Å²) in [7, 11) is -3.87. The van der Waals surface area contributed by atoms with Crippen molar-refractivity contribution in [1.82, 2.24) is 28.3 Å².